The van der Waals surface area contributed by atoms with Crippen LogP contribution in [-0.2, 0) is 14.3 Å². The smallest absolute Gasteiger partial charge is 0.318 e. The molecule has 3 aliphatic rings. The quantitative estimate of drug-likeness (QED) is 0.191. The van der Waals surface area contributed by atoms with Crippen molar-refractivity contribution in [2.75, 3.05) is 27.4 Å². The molecule has 2 aromatic rings. The van der Waals surface area contributed by atoms with Crippen molar-refractivity contribution in [3.63, 3.8) is 0 Å². The molecule has 0 N–H and O–H groups in total. The molecule has 0 aromatic heterocycles. The van der Waals surface area contributed by atoms with Crippen LogP contribution in [0.5, 0.6) is 17.2 Å². The van der Waals surface area contributed by atoms with Gasteiger partial charge in [0.2, 0.25) is 5.75 Å². The van der Waals surface area contributed by atoms with E-state index in [9.17, 15) is 29.8 Å². The van der Waals surface area contributed by atoms with Crippen molar-refractivity contribution in [2.45, 2.75) is 59.3 Å². The molecule has 2 aromatic carbocycles. The summed E-state index contributed by atoms with van der Waals surface area (Å²) in [6, 6.07) is 6.52. The molecule has 0 radical (unpaired) electrons. The van der Waals surface area contributed by atoms with Crippen LogP contribution in [0.1, 0.15) is 64.9 Å². The molecule has 5 rings (SSSR count). The number of nitro benzene ring substituents is 2. The Hall–Kier alpha value is -4.10. The van der Waals surface area contributed by atoms with Gasteiger partial charge in [-0.15, -0.1) is 0 Å². The Balaban J connectivity index is 1.69. The summed E-state index contributed by atoms with van der Waals surface area (Å²) < 4.78 is 17.5. The van der Waals surface area contributed by atoms with Gasteiger partial charge in [-0.1, -0.05) is 27.7 Å². The Morgan fingerprint density at radius 1 is 0.870 bits per heavy atom. The second-order valence-electron chi connectivity index (χ2n) is 13.5. The normalized spacial score (nSPS) is 19.2. The number of non-ortho nitro benzene ring substituents is 1. The predicted molar refractivity (Wildman–Crippen MR) is 172 cm³/mol. The fourth-order valence-electron chi connectivity index (χ4n) is 6.80. The van der Waals surface area contributed by atoms with E-state index in [4.69, 9.17) is 14.2 Å². The molecule has 0 amide bonds. The molecule has 0 fully saturated rings. The molecule has 0 spiro atoms. The first-order valence-electron chi connectivity index (χ1n) is 14.8. The second-order valence-corrected chi connectivity index (χ2v) is 14.3. The zero-order valence-corrected chi connectivity index (χ0v) is 28.2. The van der Waals surface area contributed by atoms with E-state index < -0.39 is 27.1 Å². The third-order valence-corrected chi connectivity index (χ3v) is 9.28. The van der Waals surface area contributed by atoms with Gasteiger partial charge in [0.15, 0.2) is 23.1 Å². The molecule has 0 saturated heterocycles. The molecule has 0 bridgehead atoms. The minimum atomic E-state index is -0.761. The van der Waals surface area contributed by atoms with Gasteiger partial charge in [-0.05, 0) is 63.4 Å². The number of carbonyl (C=O) groups excluding carboxylic acids is 2. The number of carbonyl (C=O) groups is 2. The third-order valence-electron chi connectivity index (χ3n) is 8.69. The second kappa shape index (κ2) is 12.3. The molecule has 12 nitrogen and oxygen atoms in total. The first-order chi connectivity index (χ1) is 21.6. The van der Waals surface area contributed by atoms with Crippen LogP contribution in [0.25, 0.3) is 0 Å². The van der Waals surface area contributed by atoms with E-state index in [0.29, 0.717) is 60.0 Å². The minimum Gasteiger partial charge on any atom is -0.493 e. The number of ether oxygens (including phenoxy) is 3. The Kier molecular flexibility index (Phi) is 8.86. The largest absolute Gasteiger partial charge is 0.493 e. The van der Waals surface area contributed by atoms with Crippen molar-refractivity contribution in [3.05, 3.63) is 83.1 Å². The Morgan fingerprint density at radius 2 is 1.46 bits per heavy atom. The first kappa shape index (κ1) is 33.3. The summed E-state index contributed by atoms with van der Waals surface area (Å²) in [5, 5.41) is 23.0. The first-order valence-corrected chi connectivity index (χ1v) is 15.6. The van der Waals surface area contributed by atoms with E-state index in [0.717, 1.165) is 29.6 Å². The minimum absolute atomic E-state index is 0.0280. The van der Waals surface area contributed by atoms with Crippen LogP contribution in [0.4, 0.5) is 11.4 Å². The SMILES string of the molecule is COCCN1C2=C(C(=O)CC(C)(C)C2)C(c2cc(Br)c(Oc3ccc([N+](=O)[O-])cc3[N+](=O)[O-])c(OC)c2)C2=C1CC(C)(C)CC2=O. The molecule has 1 aliphatic heterocycles. The highest BCUT2D eigenvalue weighted by atomic mass is 79.9. The topological polar surface area (TPSA) is 151 Å². The number of benzene rings is 2. The number of halogens is 1. The van der Waals surface area contributed by atoms with Crippen molar-refractivity contribution in [1.29, 1.82) is 0 Å². The van der Waals surface area contributed by atoms with Crippen LogP contribution >= 0.6 is 15.9 Å². The third kappa shape index (κ3) is 6.17. The zero-order chi connectivity index (χ0) is 33.7. The molecule has 0 atom stereocenters. The van der Waals surface area contributed by atoms with Crippen LogP contribution < -0.4 is 9.47 Å². The number of hydrogen-bond acceptors (Lipinski definition) is 10. The number of allylic oxidation sites excluding steroid dienone is 4. The van der Waals surface area contributed by atoms with E-state index in [1.807, 2.05) is 0 Å². The van der Waals surface area contributed by atoms with Crippen molar-refractivity contribution >= 4 is 38.9 Å². The van der Waals surface area contributed by atoms with Gasteiger partial charge >= 0.3 is 5.69 Å². The van der Waals surface area contributed by atoms with Crippen LogP contribution in [0.15, 0.2) is 57.3 Å². The lowest BCUT2D eigenvalue weighted by Gasteiger charge is -2.49. The highest BCUT2D eigenvalue weighted by Gasteiger charge is 2.49. The fraction of sp³-hybridized carbons (Fsp3) is 0.455. The number of methoxy groups -OCH3 is 2. The van der Waals surface area contributed by atoms with Crippen LogP contribution in [0, 0.1) is 31.1 Å². The maximum atomic E-state index is 14.1. The zero-order valence-electron chi connectivity index (χ0n) is 26.6. The van der Waals surface area contributed by atoms with Gasteiger partial charge in [-0.3, -0.25) is 29.8 Å². The average Bonchev–Trinajstić information content (AvgIpc) is 2.95. The van der Waals surface area contributed by atoms with Gasteiger partial charge in [0, 0.05) is 61.0 Å². The number of nitro groups is 2. The van der Waals surface area contributed by atoms with Gasteiger partial charge in [0.1, 0.15) is 0 Å². The van der Waals surface area contributed by atoms with Crippen molar-refractivity contribution in [1.82, 2.24) is 4.90 Å². The number of nitrogens with zero attached hydrogens (tertiary/aromatic N) is 3. The summed E-state index contributed by atoms with van der Waals surface area (Å²) in [6.07, 6.45) is 1.93. The van der Waals surface area contributed by atoms with E-state index in [1.54, 1.807) is 19.2 Å². The van der Waals surface area contributed by atoms with E-state index in [2.05, 4.69) is 48.5 Å². The van der Waals surface area contributed by atoms with Crippen molar-refractivity contribution < 1.29 is 33.6 Å². The number of Topliss-reactive ketones (excluding diaryl/α,β-unsaturated/α-hetero) is 2. The summed E-state index contributed by atoms with van der Waals surface area (Å²) in [7, 11) is 3.04. The van der Waals surface area contributed by atoms with Gasteiger partial charge in [0.05, 0.1) is 34.1 Å². The molecular formula is C33H36BrN3O9. The number of ketones is 2. The number of hydrogen-bond donors (Lipinski definition) is 0. The summed E-state index contributed by atoms with van der Waals surface area (Å²) in [5.74, 6) is -0.659. The Labute approximate surface area is 274 Å². The fourth-order valence-corrected chi connectivity index (χ4v) is 7.34. The van der Waals surface area contributed by atoms with E-state index >= 15 is 0 Å². The average molecular weight is 699 g/mol. The van der Waals surface area contributed by atoms with Crippen LogP contribution in [0.3, 0.4) is 0 Å². The molecule has 0 saturated carbocycles. The Bertz CT molecular complexity index is 1670. The van der Waals surface area contributed by atoms with Crippen molar-refractivity contribution in [2.24, 2.45) is 10.8 Å². The molecular weight excluding hydrogens is 662 g/mol. The summed E-state index contributed by atoms with van der Waals surface area (Å²) >= 11 is 3.54. The maximum absolute atomic E-state index is 14.1. The molecule has 2 aliphatic carbocycles. The molecule has 1 heterocycles. The van der Waals surface area contributed by atoms with Gasteiger partial charge in [-0.2, -0.15) is 0 Å². The summed E-state index contributed by atoms with van der Waals surface area (Å²) in [5.41, 5.74) is 1.96. The highest BCUT2D eigenvalue weighted by molar-refractivity contribution is 9.10. The van der Waals surface area contributed by atoms with Gasteiger partial charge in [-0.25, -0.2) is 0 Å². The lowest BCUT2D eigenvalue weighted by atomic mass is 9.63. The van der Waals surface area contributed by atoms with E-state index in [1.165, 1.54) is 7.11 Å². The molecule has 46 heavy (non-hydrogen) atoms. The molecule has 13 heteroatoms. The lowest BCUT2D eigenvalue weighted by Crippen LogP contribution is -2.45. The highest BCUT2D eigenvalue weighted by Crippen LogP contribution is 2.55. The monoisotopic (exact) mass is 697 g/mol. The maximum Gasteiger partial charge on any atom is 0.318 e. The number of rotatable bonds is 9. The van der Waals surface area contributed by atoms with Crippen LogP contribution in [-0.4, -0.2) is 53.7 Å². The van der Waals surface area contributed by atoms with Crippen LogP contribution in [0.2, 0.25) is 0 Å². The Morgan fingerprint density at radius 3 is 1.96 bits per heavy atom. The molecule has 244 valence electrons. The molecule has 0 unspecified atom stereocenters. The van der Waals surface area contributed by atoms with Crippen molar-refractivity contribution in [3.8, 4) is 17.2 Å². The van der Waals surface area contributed by atoms with Gasteiger partial charge in [0.25, 0.3) is 5.69 Å². The predicted octanol–water partition coefficient (Wildman–Crippen LogP) is 7.40. The van der Waals surface area contributed by atoms with Gasteiger partial charge < -0.3 is 19.1 Å². The standard InChI is InChI=1S/C33H36BrN3O9/c1-32(2)14-22-29(24(38)16-32)28(30-23(35(22)9-10-44-5)15-33(3,4)17-25(30)39)18-11-20(34)31(27(12-18)45-6)46-26-8-7-19(36(40)41)13-21(26)37(42)43/h7-8,11-13,28H,9-10,14-17H2,1-6H3. The summed E-state index contributed by atoms with van der Waals surface area (Å²) in [4.78, 5) is 51.8. The lowest BCUT2D eigenvalue weighted by molar-refractivity contribution is -0.394. The summed E-state index contributed by atoms with van der Waals surface area (Å²) in [6.45, 7) is 9.20. The van der Waals surface area contributed by atoms with E-state index in [-0.39, 0.29) is 39.6 Å².